The zero-order valence-electron chi connectivity index (χ0n) is 16.1. The topological polar surface area (TPSA) is 120 Å². The Balaban J connectivity index is 2.65. The molecule has 0 aromatic heterocycles. The van der Waals surface area contributed by atoms with Gasteiger partial charge in [-0.2, -0.15) is 4.72 Å². The second-order valence-electron chi connectivity index (χ2n) is 6.11. The summed E-state index contributed by atoms with van der Waals surface area (Å²) in [6, 6.07) is 4.03. The molecule has 0 fully saturated rings. The summed E-state index contributed by atoms with van der Waals surface area (Å²) < 4.78 is 41.8. The van der Waals surface area contributed by atoms with E-state index in [2.05, 4.69) is 10.0 Å². The third-order valence-corrected chi connectivity index (χ3v) is 4.83. The number of carbonyl (C=O) groups excluding carboxylic acids is 2. The van der Waals surface area contributed by atoms with Gasteiger partial charge in [0.1, 0.15) is 6.54 Å². The van der Waals surface area contributed by atoms with Gasteiger partial charge in [0.05, 0.1) is 19.1 Å². The van der Waals surface area contributed by atoms with E-state index in [-0.39, 0.29) is 16.6 Å². The van der Waals surface area contributed by atoms with E-state index in [0.29, 0.717) is 12.3 Å². The Bertz CT molecular complexity index is 763. The maximum Gasteiger partial charge on any atom is 0.321 e. The lowest BCUT2D eigenvalue weighted by Crippen LogP contribution is -2.39. The molecule has 1 aromatic carbocycles. The number of esters is 1. The zero-order valence-corrected chi connectivity index (χ0v) is 16.9. The van der Waals surface area contributed by atoms with Crippen LogP contribution in [-0.4, -0.2) is 53.7 Å². The number of nitrogens with one attached hydrogen (secondary N) is 2. The molecular formula is C17H26N2O7S. The number of amides is 1. The van der Waals surface area contributed by atoms with Gasteiger partial charge in [0.2, 0.25) is 10.0 Å². The highest BCUT2D eigenvalue weighted by Gasteiger charge is 2.21. The Hall–Kier alpha value is -2.33. The summed E-state index contributed by atoms with van der Waals surface area (Å²) in [6.45, 7) is 5.11. The molecule has 9 nitrogen and oxygen atoms in total. The molecule has 0 saturated carbocycles. The molecule has 0 aliphatic carbocycles. The first-order valence-corrected chi connectivity index (χ1v) is 9.78. The number of ether oxygens (including phenoxy) is 3. The van der Waals surface area contributed by atoms with Crippen LogP contribution in [0.5, 0.6) is 11.5 Å². The van der Waals surface area contributed by atoms with Crippen molar-refractivity contribution >= 4 is 21.9 Å². The quantitative estimate of drug-likeness (QED) is 0.552. The molecule has 0 saturated heterocycles. The van der Waals surface area contributed by atoms with Crippen LogP contribution in [-0.2, 0) is 24.3 Å². The first-order chi connectivity index (χ1) is 12.6. The van der Waals surface area contributed by atoms with E-state index in [4.69, 9.17) is 14.2 Å². The van der Waals surface area contributed by atoms with Gasteiger partial charge in [0.25, 0.3) is 5.91 Å². The van der Waals surface area contributed by atoms with Gasteiger partial charge in [-0.1, -0.05) is 13.8 Å². The van der Waals surface area contributed by atoms with Crippen LogP contribution in [0.15, 0.2) is 23.1 Å². The van der Waals surface area contributed by atoms with Gasteiger partial charge in [-0.05, 0) is 25.0 Å². The van der Waals surface area contributed by atoms with E-state index in [1.165, 1.54) is 39.3 Å². The normalized spacial score (nSPS) is 12.4. The van der Waals surface area contributed by atoms with Gasteiger partial charge in [0.15, 0.2) is 17.6 Å². The number of rotatable bonds is 10. The predicted octanol–water partition coefficient (Wildman–Crippen LogP) is 0.686. The smallest absolute Gasteiger partial charge is 0.321 e. The number of benzene rings is 1. The van der Waals surface area contributed by atoms with Gasteiger partial charge < -0.3 is 19.5 Å². The van der Waals surface area contributed by atoms with E-state index >= 15 is 0 Å². The molecule has 1 rings (SSSR count). The molecule has 1 atom stereocenters. The molecule has 0 heterocycles. The van der Waals surface area contributed by atoms with E-state index in [1.54, 1.807) is 0 Å². The van der Waals surface area contributed by atoms with E-state index in [9.17, 15) is 18.0 Å². The maximum absolute atomic E-state index is 12.3. The molecule has 0 aliphatic rings. The fourth-order valence-electron chi connectivity index (χ4n) is 1.96. The predicted molar refractivity (Wildman–Crippen MR) is 98.1 cm³/mol. The molecule has 0 radical (unpaired) electrons. The third kappa shape index (κ3) is 7.06. The minimum absolute atomic E-state index is 0.101. The maximum atomic E-state index is 12.3. The van der Waals surface area contributed by atoms with Crippen molar-refractivity contribution in [2.45, 2.75) is 31.8 Å². The lowest BCUT2D eigenvalue weighted by atomic mass is 10.2. The molecule has 2 N–H and O–H groups in total. The van der Waals surface area contributed by atoms with Crippen molar-refractivity contribution in [3.63, 3.8) is 0 Å². The number of methoxy groups -OCH3 is 2. The average molecular weight is 402 g/mol. The van der Waals surface area contributed by atoms with Gasteiger partial charge in [0, 0.05) is 12.6 Å². The summed E-state index contributed by atoms with van der Waals surface area (Å²) in [4.78, 5) is 23.5. The van der Waals surface area contributed by atoms with Gasteiger partial charge in [-0.3, -0.25) is 9.59 Å². The molecule has 0 aliphatic heterocycles. The second kappa shape index (κ2) is 10.1. The van der Waals surface area contributed by atoms with Gasteiger partial charge >= 0.3 is 5.97 Å². The fourth-order valence-corrected chi connectivity index (χ4v) is 2.95. The fraction of sp³-hybridized carbons (Fsp3) is 0.529. The SMILES string of the molecule is COc1ccc(S(=O)(=O)NCC(=O)O[C@H](C)C(=O)NCC(C)C)cc1OC. The minimum atomic E-state index is -3.98. The van der Waals surface area contributed by atoms with Crippen molar-refractivity contribution in [2.24, 2.45) is 5.92 Å². The average Bonchev–Trinajstić information content (AvgIpc) is 2.63. The molecule has 0 bridgehead atoms. The highest BCUT2D eigenvalue weighted by Crippen LogP contribution is 2.29. The van der Waals surface area contributed by atoms with Crippen LogP contribution in [0.4, 0.5) is 0 Å². The van der Waals surface area contributed by atoms with Crippen molar-refractivity contribution in [3.05, 3.63) is 18.2 Å². The van der Waals surface area contributed by atoms with Crippen molar-refractivity contribution in [3.8, 4) is 11.5 Å². The third-order valence-electron chi connectivity index (χ3n) is 3.43. The molecule has 1 aromatic rings. The molecular weight excluding hydrogens is 376 g/mol. The highest BCUT2D eigenvalue weighted by molar-refractivity contribution is 7.89. The Labute approximate surface area is 159 Å². The van der Waals surface area contributed by atoms with Crippen molar-refractivity contribution in [2.75, 3.05) is 27.3 Å². The number of hydrogen-bond donors (Lipinski definition) is 2. The number of hydrogen-bond acceptors (Lipinski definition) is 7. The number of carbonyl (C=O) groups is 2. The van der Waals surface area contributed by atoms with Crippen molar-refractivity contribution < 1.29 is 32.2 Å². The monoisotopic (exact) mass is 402 g/mol. The van der Waals surface area contributed by atoms with Crippen LogP contribution in [0.2, 0.25) is 0 Å². The summed E-state index contributed by atoms with van der Waals surface area (Å²) in [7, 11) is -1.17. The largest absolute Gasteiger partial charge is 0.493 e. The van der Waals surface area contributed by atoms with Crippen LogP contribution < -0.4 is 19.5 Å². The summed E-state index contributed by atoms with van der Waals surface area (Å²) in [5, 5.41) is 2.63. The number of sulfonamides is 1. The van der Waals surface area contributed by atoms with Gasteiger partial charge in [-0.15, -0.1) is 0 Å². The Morgan fingerprint density at radius 2 is 1.70 bits per heavy atom. The van der Waals surface area contributed by atoms with Crippen LogP contribution in [0.3, 0.4) is 0 Å². The first-order valence-electron chi connectivity index (χ1n) is 8.29. The molecule has 152 valence electrons. The summed E-state index contributed by atoms with van der Waals surface area (Å²) in [5.74, 6) is -0.452. The molecule has 10 heteroatoms. The molecule has 0 spiro atoms. The minimum Gasteiger partial charge on any atom is -0.493 e. The summed E-state index contributed by atoms with van der Waals surface area (Å²) in [5.41, 5.74) is 0. The Kier molecular flexibility index (Phi) is 8.51. The lowest BCUT2D eigenvalue weighted by molar-refractivity contribution is -0.153. The molecule has 1 amide bonds. The van der Waals surface area contributed by atoms with Crippen LogP contribution >= 0.6 is 0 Å². The van der Waals surface area contributed by atoms with Crippen LogP contribution in [0, 0.1) is 5.92 Å². The van der Waals surface area contributed by atoms with E-state index in [0.717, 1.165) is 0 Å². The lowest BCUT2D eigenvalue weighted by Gasteiger charge is -2.15. The van der Waals surface area contributed by atoms with Crippen LogP contribution in [0.25, 0.3) is 0 Å². The Morgan fingerprint density at radius 1 is 1.07 bits per heavy atom. The Morgan fingerprint density at radius 3 is 2.26 bits per heavy atom. The van der Waals surface area contributed by atoms with Gasteiger partial charge in [-0.25, -0.2) is 8.42 Å². The highest BCUT2D eigenvalue weighted by atomic mass is 32.2. The second-order valence-corrected chi connectivity index (χ2v) is 7.88. The first kappa shape index (κ1) is 22.7. The summed E-state index contributed by atoms with van der Waals surface area (Å²) in [6.07, 6.45) is -1.03. The standard InChI is InChI=1S/C17H26N2O7S/c1-11(2)9-18-17(21)12(3)26-16(20)10-19-27(22,23)13-6-7-14(24-4)15(8-13)25-5/h6-8,11-12,19H,9-10H2,1-5H3,(H,18,21)/t12-/m1/s1. The molecule has 27 heavy (non-hydrogen) atoms. The molecule has 0 unspecified atom stereocenters. The summed E-state index contributed by atoms with van der Waals surface area (Å²) >= 11 is 0. The van der Waals surface area contributed by atoms with E-state index < -0.39 is 34.5 Å². The zero-order chi connectivity index (χ0) is 20.6. The van der Waals surface area contributed by atoms with Crippen molar-refractivity contribution in [1.82, 2.24) is 10.0 Å². The van der Waals surface area contributed by atoms with Crippen LogP contribution in [0.1, 0.15) is 20.8 Å². The van der Waals surface area contributed by atoms with E-state index in [1.807, 2.05) is 13.8 Å². The van der Waals surface area contributed by atoms with Crippen molar-refractivity contribution in [1.29, 1.82) is 0 Å².